The van der Waals surface area contributed by atoms with Crippen LogP contribution in [0.1, 0.15) is 26.7 Å². The van der Waals surface area contributed by atoms with E-state index in [-0.39, 0.29) is 6.04 Å². The molecule has 1 fully saturated rings. The van der Waals surface area contributed by atoms with Crippen molar-refractivity contribution in [1.29, 1.82) is 0 Å². The lowest BCUT2D eigenvalue weighted by molar-refractivity contribution is 0.0716. The Hall–Kier alpha value is -0.0800. The molecule has 1 aliphatic rings. The number of rotatable bonds is 2. The molecule has 0 saturated carbocycles. The highest BCUT2D eigenvalue weighted by Crippen LogP contribution is 2.22. The van der Waals surface area contributed by atoms with Gasteiger partial charge in [-0.3, -0.25) is 0 Å². The van der Waals surface area contributed by atoms with Crippen molar-refractivity contribution in [1.82, 2.24) is 0 Å². The van der Waals surface area contributed by atoms with Crippen molar-refractivity contribution in [2.45, 2.75) is 38.8 Å². The zero-order valence-corrected chi connectivity index (χ0v) is 6.84. The highest BCUT2D eigenvalue weighted by molar-refractivity contribution is 4.81. The van der Waals surface area contributed by atoms with Gasteiger partial charge in [0.15, 0.2) is 0 Å². The van der Waals surface area contributed by atoms with Crippen molar-refractivity contribution in [3.8, 4) is 0 Å². The number of nitrogens with two attached hydrogens (primary N) is 1. The van der Waals surface area contributed by atoms with Gasteiger partial charge in [0.05, 0.1) is 6.10 Å². The molecule has 1 rings (SSSR count). The molecular weight excluding hydrogens is 126 g/mol. The standard InChI is InChI=1S/C8H17NO/c1-3-7(9)8-6(2)4-5-10-8/h6-8H,3-5,9H2,1-2H3. The van der Waals surface area contributed by atoms with Gasteiger partial charge in [-0.1, -0.05) is 13.8 Å². The van der Waals surface area contributed by atoms with E-state index in [1.165, 1.54) is 6.42 Å². The molecule has 0 amide bonds. The van der Waals surface area contributed by atoms with Gasteiger partial charge in [-0.25, -0.2) is 0 Å². The quantitative estimate of drug-likeness (QED) is 0.629. The minimum absolute atomic E-state index is 0.248. The van der Waals surface area contributed by atoms with Crippen LogP contribution in [0.5, 0.6) is 0 Å². The van der Waals surface area contributed by atoms with Crippen LogP contribution in [0.2, 0.25) is 0 Å². The van der Waals surface area contributed by atoms with E-state index in [0.717, 1.165) is 13.0 Å². The zero-order valence-electron chi connectivity index (χ0n) is 6.84. The summed E-state index contributed by atoms with van der Waals surface area (Å²) >= 11 is 0. The highest BCUT2D eigenvalue weighted by atomic mass is 16.5. The van der Waals surface area contributed by atoms with E-state index >= 15 is 0 Å². The van der Waals surface area contributed by atoms with E-state index in [1.807, 2.05) is 0 Å². The number of hydrogen-bond acceptors (Lipinski definition) is 2. The molecule has 1 aliphatic heterocycles. The summed E-state index contributed by atoms with van der Waals surface area (Å²) in [5, 5.41) is 0. The first-order chi connectivity index (χ1) is 4.75. The van der Waals surface area contributed by atoms with Gasteiger partial charge in [0, 0.05) is 12.6 Å². The lowest BCUT2D eigenvalue weighted by Crippen LogP contribution is -2.36. The van der Waals surface area contributed by atoms with Crippen LogP contribution in [0.4, 0.5) is 0 Å². The van der Waals surface area contributed by atoms with Gasteiger partial charge in [-0.05, 0) is 18.8 Å². The second-order valence-corrected chi connectivity index (χ2v) is 3.17. The fourth-order valence-corrected chi connectivity index (χ4v) is 1.50. The van der Waals surface area contributed by atoms with Gasteiger partial charge in [0.2, 0.25) is 0 Å². The Morgan fingerprint density at radius 1 is 1.70 bits per heavy atom. The average Bonchev–Trinajstić information content (AvgIpc) is 2.34. The monoisotopic (exact) mass is 143 g/mol. The Bertz CT molecular complexity index is 105. The topological polar surface area (TPSA) is 35.2 Å². The molecule has 60 valence electrons. The third kappa shape index (κ3) is 1.50. The minimum atomic E-state index is 0.248. The SMILES string of the molecule is CCC(N)C1OCCC1C. The fraction of sp³-hybridized carbons (Fsp3) is 1.00. The average molecular weight is 143 g/mol. The summed E-state index contributed by atoms with van der Waals surface area (Å²) in [6, 6.07) is 0.248. The van der Waals surface area contributed by atoms with E-state index in [9.17, 15) is 0 Å². The molecule has 2 N–H and O–H groups in total. The summed E-state index contributed by atoms with van der Waals surface area (Å²) in [5.41, 5.74) is 5.84. The maximum Gasteiger partial charge on any atom is 0.0752 e. The molecule has 2 nitrogen and oxygen atoms in total. The second kappa shape index (κ2) is 3.35. The third-order valence-electron chi connectivity index (χ3n) is 2.34. The van der Waals surface area contributed by atoms with Crippen molar-refractivity contribution in [2.24, 2.45) is 11.7 Å². The summed E-state index contributed by atoms with van der Waals surface area (Å²) in [6.45, 7) is 5.23. The van der Waals surface area contributed by atoms with E-state index in [0.29, 0.717) is 12.0 Å². The lowest BCUT2D eigenvalue weighted by atomic mass is 9.97. The normalized spacial score (nSPS) is 36.3. The Balaban J connectivity index is 2.38. The molecule has 3 unspecified atom stereocenters. The molecule has 0 spiro atoms. The molecule has 0 aromatic heterocycles. The van der Waals surface area contributed by atoms with Crippen LogP contribution < -0.4 is 5.73 Å². The van der Waals surface area contributed by atoms with E-state index in [2.05, 4.69) is 13.8 Å². The maximum atomic E-state index is 5.84. The fourth-order valence-electron chi connectivity index (χ4n) is 1.50. The molecule has 2 heteroatoms. The van der Waals surface area contributed by atoms with Crippen LogP contribution in [0.3, 0.4) is 0 Å². The second-order valence-electron chi connectivity index (χ2n) is 3.17. The van der Waals surface area contributed by atoms with Crippen molar-refractivity contribution in [3.63, 3.8) is 0 Å². The summed E-state index contributed by atoms with van der Waals surface area (Å²) in [4.78, 5) is 0. The molecule has 0 radical (unpaired) electrons. The Kier molecular flexibility index (Phi) is 2.69. The van der Waals surface area contributed by atoms with Crippen molar-refractivity contribution in [2.75, 3.05) is 6.61 Å². The van der Waals surface area contributed by atoms with Gasteiger partial charge < -0.3 is 10.5 Å². The van der Waals surface area contributed by atoms with Gasteiger partial charge in [0.1, 0.15) is 0 Å². The molecule has 0 bridgehead atoms. The Morgan fingerprint density at radius 3 is 2.80 bits per heavy atom. The summed E-state index contributed by atoms with van der Waals surface area (Å²) < 4.78 is 5.49. The Morgan fingerprint density at radius 2 is 2.40 bits per heavy atom. The maximum absolute atomic E-state index is 5.84. The van der Waals surface area contributed by atoms with Gasteiger partial charge in [-0.2, -0.15) is 0 Å². The molecular formula is C8H17NO. The van der Waals surface area contributed by atoms with Crippen LogP contribution in [0.25, 0.3) is 0 Å². The van der Waals surface area contributed by atoms with E-state index in [1.54, 1.807) is 0 Å². The lowest BCUT2D eigenvalue weighted by Gasteiger charge is -2.20. The third-order valence-corrected chi connectivity index (χ3v) is 2.34. The minimum Gasteiger partial charge on any atom is -0.376 e. The first kappa shape index (κ1) is 8.02. The molecule has 10 heavy (non-hydrogen) atoms. The van der Waals surface area contributed by atoms with Crippen molar-refractivity contribution in [3.05, 3.63) is 0 Å². The molecule has 0 aromatic carbocycles. The molecule has 1 heterocycles. The van der Waals surface area contributed by atoms with Crippen LogP contribution in [0, 0.1) is 5.92 Å². The zero-order chi connectivity index (χ0) is 7.56. The molecule has 0 aliphatic carbocycles. The van der Waals surface area contributed by atoms with Crippen molar-refractivity contribution < 1.29 is 4.74 Å². The smallest absolute Gasteiger partial charge is 0.0752 e. The highest BCUT2D eigenvalue weighted by Gasteiger charge is 2.28. The van der Waals surface area contributed by atoms with Gasteiger partial charge in [0.25, 0.3) is 0 Å². The van der Waals surface area contributed by atoms with Crippen LogP contribution in [-0.4, -0.2) is 18.8 Å². The van der Waals surface area contributed by atoms with Gasteiger partial charge >= 0.3 is 0 Å². The van der Waals surface area contributed by atoms with Crippen LogP contribution in [-0.2, 0) is 4.74 Å². The predicted octanol–water partition coefficient (Wildman–Crippen LogP) is 1.15. The number of ether oxygens (including phenoxy) is 1. The largest absolute Gasteiger partial charge is 0.376 e. The summed E-state index contributed by atoms with van der Waals surface area (Å²) in [7, 11) is 0. The molecule has 1 saturated heterocycles. The first-order valence-corrected chi connectivity index (χ1v) is 4.13. The predicted molar refractivity (Wildman–Crippen MR) is 41.8 cm³/mol. The molecule has 0 aromatic rings. The van der Waals surface area contributed by atoms with Crippen LogP contribution in [0.15, 0.2) is 0 Å². The van der Waals surface area contributed by atoms with E-state index < -0.39 is 0 Å². The Labute approximate surface area is 62.7 Å². The summed E-state index contributed by atoms with van der Waals surface area (Å²) in [6.07, 6.45) is 2.53. The van der Waals surface area contributed by atoms with Gasteiger partial charge in [-0.15, -0.1) is 0 Å². The first-order valence-electron chi connectivity index (χ1n) is 4.13. The summed E-state index contributed by atoms with van der Waals surface area (Å²) in [5.74, 6) is 0.662. The molecule has 3 atom stereocenters. The van der Waals surface area contributed by atoms with E-state index in [4.69, 9.17) is 10.5 Å². The van der Waals surface area contributed by atoms with Crippen LogP contribution >= 0.6 is 0 Å². The van der Waals surface area contributed by atoms with Crippen molar-refractivity contribution >= 4 is 0 Å². The number of hydrogen-bond donors (Lipinski definition) is 1.